The molecule has 2 unspecified atom stereocenters. The van der Waals surface area contributed by atoms with Gasteiger partial charge in [0.1, 0.15) is 11.3 Å². The molecular formula is C17H26N2O. The molecule has 0 saturated carbocycles. The summed E-state index contributed by atoms with van der Waals surface area (Å²) in [6.07, 6.45) is 0. The summed E-state index contributed by atoms with van der Waals surface area (Å²) in [6.45, 7) is 9.54. The molecule has 1 aromatic carbocycles. The lowest BCUT2D eigenvalue weighted by molar-refractivity contribution is 0.0907. The van der Waals surface area contributed by atoms with Gasteiger partial charge >= 0.3 is 0 Å². The molecule has 0 aliphatic heterocycles. The number of rotatable bonds is 4. The maximum Gasteiger partial charge on any atom is 0.134 e. The van der Waals surface area contributed by atoms with Gasteiger partial charge in [0.15, 0.2) is 0 Å². The monoisotopic (exact) mass is 274 g/mol. The maximum absolute atomic E-state index is 6.01. The van der Waals surface area contributed by atoms with Gasteiger partial charge in [0, 0.05) is 18.0 Å². The zero-order chi connectivity index (χ0) is 14.9. The van der Waals surface area contributed by atoms with Gasteiger partial charge < -0.3 is 10.2 Å². The summed E-state index contributed by atoms with van der Waals surface area (Å²) in [5, 5.41) is 1.14. The van der Waals surface area contributed by atoms with E-state index in [0.29, 0.717) is 12.6 Å². The van der Waals surface area contributed by atoms with Gasteiger partial charge in [-0.15, -0.1) is 0 Å². The third kappa shape index (κ3) is 2.89. The van der Waals surface area contributed by atoms with Gasteiger partial charge in [-0.1, -0.05) is 39.0 Å². The van der Waals surface area contributed by atoms with Crippen LogP contribution in [0.5, 0.6) is 0 Å². The van der Waals surface area contributed by atoms with Crippen molar-refractivity contribution in [2.45, 2.75) is 39.8 Å². The van der Waals surface area contributed by atoms with Crippen molar-refractivity contribution < 1.29 is 4.42 Å². The Morgan fingerprint density at radius 3 is 2.45 bits per heavy atom. The zero-order valence-electron chi connectivity index (χ0n) is 13.2. The fourth-order valence-corrected chi connectivity index (χ4v) is 2.53. The number of furan rings is 1. The van der Waals surface area contributed by atoms with Gasteiger partial charge in [0.05, 0.1) is 6.04 Å². The van der Waals surface area contributed by atoms with Crippen molar-refractivity contribution in [3.63, 3.8) is 0 Å². The molecule has 0 aliphatic rings. The molecule has 2 aromatic rings. The summed E-state index contributed by atoms with van der Waals surface area (Å²) in [5.74, 6) is 0.951. The highest BCUT2D eigenvalue weighted by molar-refractivity contribution is 5.77. The minimum Gasteiger partial charge on any atom is -0.459 e. The lowest BCUT2D eigenvalue weighted by Crippen LogP contribution is -2.43. The van der Waals surface area contributed by atoms with Gasteiger partial charge in [0.25, 0.3) is 0 Å². The standard InChI is InChI=1S/C17H26N2O/c1-12(17(2,3)4)19(5)14(11-18)16-10-13-8-6-7-9-15(13)20-16/h6-10,12,14H,11,18H2,1-5H3. The highest BCUT2D eigenvalue weighted by atomic mass is 16.3. The van der Waals surface area contributed by atoms with Crippen LogP contribution in [0, 0.1) is 5.41 Å². The van der Waals surface area contributed by atoms with Crippen molar-refractivity contribution in [2.24, 2.45) is 11.1 Å². The molecule has 1 heterocycles. The van der Waals surface area contributed by atoms with E-state index in [-0.39, 0.29) is 11.5 Å². The third-order valence-electron chi connectivity index (χ3n) is 4.35. The van der Waals surface area contributed by atoms with Gasteiger partial charge in [0.2, 0.25) is 0 Å². The molecule has 3 nitrogen and oxygen atoms in total. The van der Waals surface area contributed by atoms with Crippen molar-refractivity contribution >= 4 is 11.0 Å². The highest BCUT2D eigenvalue weighted by Crippen LogP contribution is 2.32. The minimum absolute atomic E-state index is 0.108. The van der Waals surface area contributed by atoms with Gasteiger partial charge in [-0.05, 0) is 31.5 Å². The molecule has 20 heavy (non-hydrogen) atoms. The Labute approximate surface area is 121 Å². The average molecular weight is 274 g/mol. The number of nitrogens with two attached hydrogens (primary N) is 1. The van der Waals surface area contributed by atoms with Crippen LogP contribution in [0.4, 0.5) is 0 Å². The molecule has 2 atom stereocenters. The van der Waals surface area contributed by atoms with Crippen molar-refractivity contribution in [3.05, 3.63) is 36.1 Å². The maximum atomic E-state index is 6.01. The molecular weight excluding hydrogens is 248 g/mol. The quantitative estimate of drug-likeness (QED) is 0.922. The van der Waals surface area contributed by atoms with E-state index in [4.69, 9.17) is 10.2 Å². The zero-order valence-corrected chi connectivity index (χ0v) is 13.2. The normalized spacial score (nSPS) is 15.8. The topological polar surface area (TPSA) is 42.4 Å². The third-order valence-corrected chi connectivity index (χ3v) is 4.35. The summed E-state index contributed by atoms with van der Waals surface area (Å²) in [5.41, 5.74) is 7.14. The van der Waals surface area contributed by atoms with Crippen molar-refractivity contribution in [1.29, 1.82) is 0 Å². The SMILES string of the molecule is CC(N(C)C(CN)c1cc2ccccc2o1)C(C)(C)C. The van der Waals surface area contributed by atoms with E-state index in [2.05, 4.69) is 51.8 Å². The first-order valence-electron chi connectivity index (χ1n) is 7.25. The number of para-hydroxylation sites is 1. The molecule has 0 saturated heterocycles. The molecule has 1 aromatic heterocycles. The number of likely N-dealkylation sites (N-methyl/N-ethyl adjacent to an activating group) is 1. The van der Waals surface area contributed by atoms with E-state index in [1.165, 1.54) is 0 Å². The number of benzene rings is 1. The summed E-state index contributed by atoms with van der Waals surface area (Å²) < 4.78 is 5.98. The first-order valence-corrected chi connectivity index (χ1v) is 7.25. The molecule has 0 fully saturated rings. The Hall–Kier alpha value is -1.32. The Kier molecular flexibility index (Phi) is 4.21. The fraction of sp³-hybridized carbons (Fsp3) is 0.529. The second kappa shape index (κ2) is 5.58. The smallest absolute Gasteiger partial charge is 0.134 e. The van der Waals surface area contributed by atoms with Crippen LogP contribution in [0.15, 0.2) is 34.7 Å². The van der Waals surface area contributed by atoms with Gasteiger partial charge in [-0.2, -0.15) is 0 Å². The number of hydrogen-bond acceptors (Lipinski definition) is 3. The van der Waals surface area contributed by atoms with Crippen LogP contribution >= 0.6 is 0 Å². The fourth-order valence-electron chi connectivity index (χ4n) is 2.53. The number of hydrogen-bond donors (Lipinski definition) is 1. The second-order valence-electron chi connectivity index (χ2n) is 6.65. The first kappa shape index (κ1) is 15.1. The molecule has 3 heteroatoms. The molecule has 0 radical (unpaired) electrons. The molecule has 2 rings (SSSR count). The Bertz CT molecular complexity index is 535. The molecule has 2 N–H and O–H groups in total. The predicted molar refractivity (Wildman–Crippen MR) is 84.7 cm³/mol. The van der Waals surface area contributed by atoms with E-state index >= 15 is 0 Å². The lowest BCUT2D eigenvalue weighted by atomic mass is 9.86. The van der Waals surface area contributed by atoms with Crippen molar-refractivity contribution in [1.82, 2.24) is 4.90 Å². The summed E-state index contributed by atoms with van der Waals surface area (Å²) >= 11 is 0. The van der Waals surface area contributed by atoms with E-state index in [9.17, 15) is 0 Å². The summed E-state index contributed by atoms with van der Waals surface area (Å²) in [4.78, 5) is 2.32. The number of nitrogens with zero attached hydrogens (tertiary/aromatic N) is 1. The Balaban J connectivity index is 2.32. The van der Waals surface area contributed by atoms with Crippen LogP contribution in [0.25, 0.3) is 11.0 Å². The van der Waals surface area contributed by atoms with E-state index in [1.54, 1.807) is 0 Å². The van der Waals surface area contributed by atoms with Gasteiger partial charge in [-0.3, -0.25) is 4.90 Å². The first-order chi connectivity index (χ1) is 9.34. The largest absolute Gasteiger partial charge is 0.459 e. The summed E-state index contributed by atoms with van der Waals surface area (Å²) in [7, 11) is 2.13. The van der Waals surface area contributed by atoms with Crippen LogP contribution < -0.4 is 5.73 Å². The van der Waals surface area contributed by atoms with Crippen LogP contribution in [0.1, 0.15) is 39.5 Å². The second-order valence-corrected chi connectivity index (χ2v) is 6.65. The van der Waals surface area contributed by atoms with Crippen LogP contribution in [0.2, 0.25) is 0 Å². The van der Waals surface area contributed by atoms with Crippen LogP contribution in [0.3, 0.4) is 0 Å². The van der Waals surface area contributed by atoms with E-state index < -0.39 is 0 Å². The number of fused-ring (bicyclic) bond motifs is 1. The van der Waals surface area contributed by atoms with E-state index in [1.807, 2.05) is 18.2 Å². The van der Waals surface area contributed by atoms with Crippen LogP contribution in [-0.2, 0) is 0 Å². The lowest BCUT2D eigenvalue weighted by Gasteiger charge is -2.39. The molecule has 0 amide bonds. The van der Waals surface area contributed by atoms with Crippen molar-refractivity contribution in [2.75, 3.05) is 13.6 Å². The average Bonchev–Trinajstić information content (AvgIpc) is 2.80. The van der Waals surface area contributed by atoms with Crippen LogP contribution in [-0.4, -0.2) is 24.5 Å². The van der Waals surface area contributed by atoms with Crippen molar-refractivity contribution in [3.8, 4) is 0 Å². The Morgan fingerprint density at radius 1 is 1.25 bits per heavy atom. The molecule has 0 aliphatic carbocycles. The molecule has 110 valence electrons. The minimum atomic E-state index is 0.108. The predicted octanol–water partition coefficient (Wildman–Crippen LogP) is 3.80. The Morgan fingerprint density at radius 2 is 1.90 bits per heavy atom. The summed E-state index contributed by atoms with van der Waals surface area (Å²) in [6, 6.07) is 10.7. The van der Waals surface area contributed by atoms with E-state index in [0.717, 1.165) is 16.7 Å². The van der Waals surface area contributed by atoms with Gasteiger partial charge in [-0.25, -0.2) is 0 Å². The highest BCUT2D eigenvalue weighted by Gasteiger charge is 2.30. The molecule has 0 bridgehead atoms. The molecule has 0 spiro atoms.